The van der Waals surface area contributed by atoms with Gasteiger partial charge in [-0.25, -0.2) is 4.79 Å². The molecule has 2 aliphatic rings. The Bertz CT molecular complexity index is 503. The number of carbonyl (C=O) groups is 1. The maximum atomic E-state index is 12.1. The largest absolute Gasteiger partial charge is 0.491 e. The first-order valence-corrected chi connectivity index (χ1v) is 7.27. The van der Waals surface area contributed by atoms with Crippen LogP contribution in [0, 0.1) is 0 Å². The van der Waals surface area contributed by atoms with E-state index in [0.29, 0.717) is 26.1 Å². The van der Waals surface area contributed by atoms with Crippen LogP contribution in [0.25, 0.3) is 0 Å². The van der Waals surface area contributed by atoms with E-state index in [-0.39, 0.29) is 12.1 Å². The van der Waals surface area contributed by atoms with Crippen molar-refractivity contribution in [2.24, 2.45) is 0 Å². The molecule has 0 aliphatic carbocycles. The third-order valence-electron chi connectivity index (χ3n) is 3.89. The topological polar surface area (TPSA) is 57.3 Å². The molecule has 3 rings (SSSR count). The number of carbonyl (C=O) groups excluding carboxylic acids is 1. The van der Waals surface area contributed by atoms with Crippen LogP contribution in [0.2, 0.25) is 0 Å². The molecule has 5 heteroatoms. The van der Waals surface area contributed by atoms with Crippen LogP contribution in [-0.2, 0) is 25.4 Å². The summed E-state index contributed by atoms with van der Waals surface area (Å²) >= 11 is 0. The minimum absolute atomic E-state index is 0.230. The molecule has 0 aromatic heterocycles. The lowest BCUT2D eigenvalue weighted by molar-refractivity contribution is -0.163. The third kappa shape index (κ3) is 3.36. The molecule has 1 aromatic rings. The van der Waals surface area contributed by atoms with Crippen LogP contribution in [0.4, 0.5) is 0 Å². The standard InChI is InChI=1S/C16H20O5/c1-18-15(17)16(6-3-7-21-16)9-12-4-2-5-13(8-12)19-10-14-11-20-14/h2,4-5,8,14H,3,6-7,9-11H2,1H3. The van der Waals surface area contributed by atoms with Crippen LogP contribution >= 0.6 is 0 Å². The van der Waals surface area contributed by atoms with E-state index in [4.69, 9.17) is 18.9 Å². The fourth-order valence-electron chi connectivity index (χ4n) is 2.68. The summed E-state index contributed by atoms with van der Waals surface area (Å²) in [7, 11) is 1.40. The molecule has 2 fully saturated rings. The Labute approximate surface area is 124 Å². The zero-order chi connectivity index (χ0) is 14.7. The van der Waals surface area contributed by atoms with Gasteiger partial charge in [-0.3, -0.25) is 0 Å². The predicted octanol–water partition coefficient (Wildman–Crippen LogP) is 1.73. The van der Waals surface area contributed by atoms with Gasteiger partial charge >= 0.3 is 5.97 Å². The summed E-state index contributed by atoms with van der Waals surface area (Å²) in [6.45, 7) is 1.95. The van der Waals surface area contributed by atoms with Crippen LogP contribution in [0.5, 0.6) is 5.75 Å². The van der Waals surface area contributed by atoms with Gasteiger partial charge in [0.25, 0.3) is 0 Å². The molecule has 0 saturated carbocycles. The molecule has 0 bridgehead atoms. The summed E-state index contributed by atoms with van der Waals surface area (Å²) in [5.74, 6) is 0.499. The zero-order valence-electron chi connectivity index (χ0n) is 12.2. The van der Waals surface area contributed by atoms with Crippen LogP contribution in [0.3, 0.4) is 0 Å². The van der Waals surface area contributed by atoms with Crippen molar-refractivity contribution in [2.45, 2.75) is 31.0 Å². The van der Waals surface area contributed by atoms with Crippen molar-refractivity contribution in [3.8, 4) is 5.75 Å². The third-order valence-corrected chi connectivity index (χ3v) is 3.89. The number of methoxy groups -OCH3 is 1. The molecule has 2 heterocycles. The van der Waals surface area contributed by atoms with Crippen molar-refractivity contribution < 1.29 is 23.7 Å². The second-order valence-electron chi connectivity index (χ2n) is 5.53. The van der Waals surface area contributed by atoms with Crippen molar-refractivity contribution in [2.75, 3.05) is 26.9 Å². The average molecular weight is 292 g/mol. The smallest absolute Gasteiger partial charge is 0.338 e. The van der Waals surface area contributed by atoms with Crippen molar-refractivity contribution in [3.63, 3.8) is 0 Å². The van der Waals surface area contributed by atoms with E-state index in [0.717, 1.165) is 24.3 Å². The molecule has 2 aliphatic heterocycles. The predicted molar refractivity (Wildman–Crippen MR) is 75.3 cm³/mol. The quantitative estimate of drug-likeness (QED) is 0.590. The lowest BCUT2D eigenvalue weighted by Gasteiger charge is -2.25. The van der Waals surface area contributed by atoms with Gasteiger partial charge in [0, 0.05) is 13.0 Å². The Balaban J connectivity index is 1.70. The number of ether oxygens (including phenoxy) is 4. The van der Waals surface area contributed by atoms with Crippen molar-refractivity contribution in [3.05, 3.63) is 29.8 Å². The van der Waals surface area contributed by atoms with Crippen LogP contribution in [0.1, 0.15) is 18.4 Å². The number of hydrogen-bond donors (Lipinski definition) is 0. The Kier molecular flexibility index (Phi) is 4.12. The average Bonchev–Trinajstić information content (AvgIpc) is 3.23. The first-order valence-electron chi connectivity index (χ1n) is 7.27. The van der Waals surface area contributed by atoms with E-state index in [1.54, 1.807) is 0 Å². The highest BCUT2D eigenvalue weighted by Crippen LogP contribution is 2.31. The summed E-state index contributed by atoms with van der Waals surface area (Å²) in [6.07, 6.45) is 2.31. The Morgan fingerprint density at radius 1 is 1.48 bits per heavy atom. The summed E-state index contributed by atoms with van der Waals surface area (Å²) in [6, 6.07) is 7.77. The van der Waals surface area contributed by atoms with E-state index in [1.807, 2.05) is 24.3 Å². The van der Waals surface area contributed by atoms with Gasteiger partial charge in [-0.1, -0.05) is 12.1 Å². The maximum absolute atomic E-state index is 12.1. The molecule has 0 radical (unpaired) electrons. The molecule has 2 atom stereocenters. The Morgan fingerprint density at radius 3 is 3.00 bits per heavy atom. The van der Waals surface area contributed by atoms with E-state index < -0.39 is 5.60 Å². The lowest BCUT2D eigenvalue weighted by atomic mass is 9.91. The molecular formula is C16H20O5. The highest BCUT2D eigenvalue weighted by molar-refractivity contribution is 5.80. The molecule has 114 valence electrons. The molecule has 1 aromatic carbocycles. The van der Waals surface area contributed by atoms with Gasteiger partial charge in [-0.2, -0.15) is 0 Å². The van der Waals surface area contributed by atoms with Crippen molar-refractivity contribution in [1.82, 2.24) is 0 Å². The number of esters is 1. The molecule has 5 nitrogen and oxygen atoms in total. The number of epoxide rings is 1. The van der Waals surface area contributed by atoms with Gasteiger partial charge in [-0.05, 0) is 30.5 Å². The monoisotopic (exact) mass is 292 g/mol. The summed E-state index contributed by atoms with van der Waals surface area (Å²) < 4.78 is 21.4. The van der Waals surface area contributed by atoms with E-state index in [1.165, 1.54) is 7.11 Å². The minimum Gasteiger partial charge on any atom is -0.491 e. The first-order chi connectivity index (χ1) is 10.2. The molecule has 0 amide bonds. The molecule has 21 heavy (non-hydrogen) atoms. The minimum atomic E-state index is -0.840. The van der Waals surface area contributed by atoms with Gasteiger partial charge in [0.2, 0.25) is 0 Å². The fraction of sp³-hybridized carbons (Fsp3) is 0.562. The van der Waals surface area contributed by atoms with Crippen LogP contribution < -0.4 is 4.74 Å². The second kappa shape index (κ2) is 6.03. The summed E-state index contributed by atoms with van der Waals surface area (Å²) in [5.41, 5.74) is 0.170. The lowest BCUT2D eigenvalue weighted by Crippen LogP contribution is -2.41. The number of benzene rings is 1. The van der Waals surface area contributed by atoms with Crippen LogP contribution in [0.15, 0.2) is 24.3 Å². The fourth-order valence-corrected chi connectivity index (χ4v) is 2.68. The molecule has 0 N–H and O–H groups in total. The Morgan fingerprint density at radius 2 is 2.33 bits per heavy atom. The van der Waals surface area contributed by atoms with Crippen LogP contribution in [-0.4, -0.2) is 44.6 Å². The van der Waals surface area contributed by atoms with E-state index in [9.17, 15) is 4.79 Å². The molecule has 2 saturated heterocycles. The number of hydrogen-bond acceptors (Lipinski definition) is 5. The van der Waals surface area contributed by atoms with E-state index >= 15 is 0 Å². The highest BCUT2D eigenvalue weighted by Gasteiger charge is 2.43. The normalized spacial score (nSPS) is 27.4. The molecular weight excluding hydrogens is 272 g/mol. The van der Waals surface area contributed by atoms with Gasteiger partial charge in [-0.15, -0.1) is 0 Å². The summed E-state index contributed by atoms with van der Waals surface area (Å²) in [5, 5.41) is 0. The van der Waals surface area contributed by atoms with Gasteiger partial charge in [0.15, 0.2) is 5.60 Å². The van der Waals surface area contributed by atoms with Crippen molar-refractivity contribution >= 4 is 5.97 Å². The maximum Gasteiger partial charge on any atom is 0.338 e. The molecule has 0 spiro atoms. The molecule has 2 unspecified atom stereocenters. The zero-order valence-corrected chi connectivity index (χ0v) is 12.2. The van der Waals surface area contributed by atoms with Gasteiger partial charge in [0.1, 0.15) is 18.5 Å². The Hall–Kier alpha value is -1.59. The van der Waals surface area contributed by atoms with Crippen molar-refractivity contribution in [1.29, 1.82) is 0 Å². The summed E-state index contributed by atoms with van der Waals surface area (Å²) in [4.78, 5) is 12.1. The highest BCUT2D eigenvalue weighted by atomic mass is 16.6. The van der Waals surface area contributed by atoms with Gasteiger partial charge < -0.3 is 18.9 Å². The van der Waals surface area contributed by atoms with Gasteiger partial charge in [0.05, 0.1) is 13.7 Å². The second-order valence-corrected chi connectivity index (χ2v) is 5.53. The first kappa shape index (κ1) is 14.4. The SMILES string of the molecule is COC(=O)C1(Cc2cccc(OCC3CO3)c2)CCCO1. The number of rotatable bonds is 6. The van der Waals surface area contributed by atoms with E-state index in [2.05, 4.69) is 0 Å².